The fourth-order valence-electron chi connectivity index (χ4n) is 3.86. The van der Waals surface area contributed by atoms with Crippen molar-refractivity contribution in [3.8, 4) is 0 Å². The van der Waals surface area contributed by atoms with Gasteiger partial charge in [0.15, 0.2) is 0 Å². The molecule has 120 valence electrons. The number of furan rings is 1. The lowest BCUT2D eigenvalue weighted by Gasteiger charge is -2.36. The molecule has 0 unspecified atom stereocenters. The van der Waals surface area contributed by atoms with Gasteiger partial charge in [-0.3, -0.25) is 14.7 Å². The molecule has 2 aromatic heterocycles. The highest BCUT2D eigenvalue weighted by Crippen LogP contribution is 2.30. The average molecular weight is 311 g/mol. The lowest BCUT2D eigenvalue weighted by atomic mass is 9.94. The number of hydrogen-bond donors (Lipinski definition) is 0. The summed E-state index contributed by atoms with van der Waals surface area (Å²) in [6, 6.07) is 6.16. The number of aromatic nitrogens is 1. The van der Waals surface area contributed by atoms with Crippen LogP contribution in [0.2, 0.25) is 0 Å². The van der Waals surface area contributed by atoms with Crippen LogP contribution in [0.25, 0.3) is 0 Å². The minimum absolute atomic E-state index is 0.108. The second kappa shape index (κ2) is 6.16. The number of nitrogens with zero attached hydrogens (tertiary/aromatic N) is 3. The van der Waals surface area contributed by atoms with Crippen LogP contribution in [-0.4, -0.2) is 46.4 Å². The number of carbonyl (C=O) groups excluding carboxylic acids is 1. The van der Waals surface area contributed by atoms with E-state index in [1.54, 1.807) is 24.8 Å². The lowest BCUT2D eigenvalue weighted by molar-refractivity contribution is 0.0584. The van der Waals surface area contributed by atoms with Gasteiger partial charge in [-0.1, -0.05) is 6.07 Å². The molecule has 2 aromatic rings. The van der Waals surface area contributed by atoms with E-state index < -0.39 is 0 Å². The van der Waals surface area contributed by atoms with E-state index >= 15 is 0 Å². The lowest BCUT2D eigenvalue weighted by Crippen LogP contribution is -2.47. The van der Waals surface area contributed by atoms with Crippen LogP contribution in [-0.2, 0) is 6.54 Å². The molecule has 3 saturated heterocycles. The quantitative estimate of drug-likeness (QED) is 0.873. The van der Waals surface area contributed by atoms with Crippen LogP contribution in [0.3, 0.4) is 0 Å². The first kappa shape index (κ1) is 14.5. The third-order valence-corrected chi connectivity index (χ3v) is 4.95. The number of pyridine rings is 1. The molecule has 2 atom stereocenters. The highest BCUT2D eigenvalue weighted by molar-refractivity contribution is 5.94. The van der Waals surface area contributed by atoms with Crippen LogP contribution in [0.4, 0.5) is 0 Å². The van der Waals surface area contributed by atoms with Gasteiger partial charge in [0.05, 0.1) is 11.8 Å². The van der Waals surface area contributed by atoms with Crippen molar-refractivity contribution < 1.29 is 9.21 Å². The van der Waals surface area contributed by atoms with Gasteiger partial charge in [0.25, 0.3) is 5.91 Å². The highest BCUT2D eigenvalue weighted by atomic mass is 16.3. The molecule has 0 N–H and O–H groups in total. The minimum atomic E-state index is 0.108. The monoisotopic (exact) mass is 311 g/mol. The van der Waals surface area contributed by atoms with Gasteiger partial charge in [-0.25, -0.2) is 0 Å². The van der Waals surface area contributed by atoms with E-state index in [4.69, 9.17) is 4.42 Å². The Labute approximate surface area is 135 Å². The summed E-state index contributed by atoms with van der Waals surface area (Å²) in [7, 11) is 0. The van der Waals surface area contributed by atoms with Crippen LogP contribution in [0.1, 0.15) is 28.8 Å². The maximum absolute atomic E-state index is 12.7. The Morgan fingerprint density at radius 1 is 1.26 bits per heavy atom. The Morgan fingerprint density at radius 2 is 2.22 bits per heavy atom. The maximum atomic E-state index is 12.7. The molecule has 3 aliphatic rings. The summed E-state index contributed by atoms with van der Waals surface area (Å²) in [5.74, 6) is 0.665. The van der Waals surface area contributed by atoms with Crippen molar-refractivity contribution in [2.75, 3.05) is 19.6 Å². The summed E-state index contributed by atoms with van der Waals surface area (Å²) in [6.45, 7) is 3.77. The van der Waals surface area contributed by atoms with Crippen molar-refractivity contribution in [3.05, 3.63) is 54.2 Å². The van der Waals surface area contributed by atoms with Crippen molar-refractivity contribution in [2.24, 2.45) is 5.92 Å². The Balaban J connectivity index is 1.49. The second-order valence-electron chi connectivity index (χ2n) is 6.62. The molecular formula is C18H21N3O2. The molecule has 5 heteroatoms. The number of amides is 1. The van der Waals surface area contributed by atoms with Crippen LogP contribution in [0.15, 0.2) is 47.5 Å². The molecule has 0 aliphatic carbocycles. The molecule has 0 spiro atoms. The summed E-state index contributed by atoms with van der Waals surface area (Å²) < 4.78 is 5.07. The minimum Gasteiger partial charge on any atom is -0.472 e. The van der Waals surface area contributed by atoms with E-state index in [1.807, 2.05) is 12.3 Å². The second-order valence-corrected chi connectivity index (χ2v) is 6.62. The van der Waals surface area contributed by atoms with Gasteiger partial charge in [0.2, 0.25) is 0 Å². The van der Waals surface area contributed by atoms with Crippen molar-refractivity contribution >= 4 is 5.91 Å². The Bertz CT molecular complexity index is 656. The zero-order valence-electron chi connectivity index (χ0n) is 13.1. The third kappa shape index (κ3) is 3.01. The summed E-state index contributed by atoms with van der Waals surface area (Å²) in [5, 5.41) is 0. The Morgan fingerprint density at radius 3 is 3.00 bits per heavy atom. The van der Waals surface area contributed by atoms with E-state index in [9.17, 15) is 4.79 Å². The van der Waals surface area contributed by atoms with E-state index in [0.29, 0.717) is 17.5 Å². The summed E-state index contributed by atoms with van der Waals surface area (Å²) >= 11 is 0. The number of piperidine rings is 1. The molecule has 1 amide bonds. The van der Waals surface area contributed by atoms with Crippen LogP contribution < -0.4 is 0 Å². The summed E-state index contributed by atoms with van der Waals surface area (Å²) in [4.78, 5) is 21.4. The largest absolute Gasteiger partial charge is 0.472 e. The standard InChI is InChI=1S/C18H21N3O2/c22-18(16-5-7-23-13-16)21-11-15-3-4-17(21)12-20(10-15)9-14-2-1-6-19-8-14/h1-2,5-8,13,15,17H,3-4,9-12H2/t15-,17+/m0/s1. The number of carbonyl (C=O) groups is 1. The van der Waals surface area contributed by atoms with Crippen LogP contribution in [0.5, 0.6) is 0 Å². The fourth-order valence-corrected chi connectivity index (χ4v) is 3.86. The maximum Gasteiger partial charge on any atom is 0.257 e. The molecule has 0 saturated carbocycles. The molecule has 5 rings (SSSR count). The third-order valence-electron chi connectivity index (χ3n) is 4.95. The van der Waals surface area contributed by atoms with Crippen molar-refractivity contribution in [1.82, 2.24) is 14.8 Å². The number of fused-ring (bicyclic) bond motifs is 4. The van der Waals surface area contributed by atoms with Crippen LogP contribution >= 0.6 is 0 Å². The molecule has 0 radical (unpaired) electrons. The first-order chi connectivity index (χ1) is 11.3. The van der Waals surface area contributed by atoms with Crippen molar-refractivity contribution in [1.29, 1.82) is 0 Å². The average Bonchev–Trinajstić information content (AvgIpc) is 2.98. The molecule has 3 fully saturated rings. The topological polar surface area (TPSA) is 49.6 Å². The highest BCUT2D eigenvalue weighted by Gasteiger charge is 2.37. The molecule has 3 aliphatic heterocycles. The van der Waals surface area contributed by atoms with Crippen molar-refractivity contribution in [3.63, 3.8) is 0 Å². The summed E-state index contributed by atoms with van der Waals surface area (Å²) in [6.07, 6.45) is 9.16. The SMILES string of the molecule is O=C(c1ccoc1)N1C[C@H]2CC[C@@H]1CN(Cc1cccnc1)C2. The fraction of sp³-hybridized carbons (Fsp3) is 0.444. The van der Waals surface area contributed by atoms with E-state index in [0.717, 1.165) is 32.6 Å². The van der Waals surface area contributed by atoms with Gasteiger partial charge < -0.3 is 9.32 Å². The van der Waals surface area contributed by atoms with Gasteiger partial charge in [-0.2, -0.15) is 0 Å². The molecular weight excluding hydrogens is 290 g/mol. The Hall–Kier alpha value is -2.14. The molecule has 2 bridgehead atoms. The number of rotatable bonds is 3. The van der Waals surface area contributed by atoms with Gasteiger partial charge in [0.1, 0.15) is 6.26 Å². The first-order valence-electron chi connectivity index (χ1n) is 8.24. The van der Waals surface area contributed by atoms with Gasteiger partial charge >= 0.3 is 0 Å². The smallest absolute Gasteiger partial charge is 0.257 e. The Kier molecular flexibility index (Phi) is 3.87. The van der Waals surface area contributed by atoms with Crippen LogP contribution in [0, 0.1) is 5.92 Å². The molecule has 5 nitrogen and oxygen atoms in total. The van der Waals surface area contributed by atoms with Gasteiger partial charge in [-0.15, -0.1) is 0 Å². The van der Waals surface area contributed by atoms with Gasteiger partial charge in [-0.05, 0) is 36.5 Å². The molecule has 0 aromatic carbocycles. The van der Waals surface area contributed by atoms with Crippen molar-refractivity contribution in [2.45, 2.75) is 25.4 Å². The first-order valence-corrected chi connectivity index (χ1v) is 8.24. The zero-order valence-corrected chi connectivity index (χ0v) is 13.1. The summed E-state index contributed by atoms with van der Waals surface area (Å²) in [5.41, 5.74) is 1.90. The zero-order chi connectivity index (χ0) is 15.6. The number of hydrogen-bond acceptors (Lipinski definition) is 4. The van der Waals surface area contributed by atoms with Gasteiger partial charge in [0, 0.05) is 44.6 Å². The molecule has 23 heavy (non-hydrogen) atoms. The van der Waals surface area contributed by atoms with E-state index in [-0.39, 0.29) is 5.91 Å². The predicted molar refractivity (Wildman–Crippen MR) is 85.8 cm³/mol. The molecule has 5 heterocycles. The van der Waals surface area contributed by atoms with E-state index in [1.165, 1.54) is 12.0 Å². The normalized spacial score (nSPS) is 24.6. The van der Waals surface area contributed by atoms with E-state index in [2.05, 4.69) is 20.9 Å². The predicted octanol–water partition coefficient (Wildman–Crippen LogP) is 2.41.